The van der Waals surface area contributed by atoms with E-state index in [0.717, 1.165) is 5.75 Å². The highest BCUT2D eigenvalue weighted by atomic mass is 32.2. The molecule has 0 spiro atoms. The van der Waals surface area contributed by atoms with E-state index in [1.54, 1.807) is 54.5 Å². The molecule has 0 saturated carbocycles. The van der Waals surface area contributed by atoms with Crippen LogP contribution in [0.15, 0.2) is 42.7 Å². The molecule has 0 aliphatic rings. The molecule has 21 heavy (non-hydrogen) atoms. The molecular weight excluding hydrogens is 284 g/mol. The molecule has 2 rings (SSSR count). The molecule has 1 heterocycles. The summed E-state index contributed by atoms with van der Waals surface area (Å²) in [6, 6.07) is 8.58. The molecule has 110 valence electrons. The Morgan fingerprint density at radius 2 is 1.81 bits per heavy atom. The van der Waals surface area contributed by atoms with E-state index in [2.05, 4.69) is 10.3 Å². The maximum atomic E-state index is 12.1. The first-order valence-electron chi connectivity index (χ1n) is 6.69. The summed E-state index contributed by atoms with van der Waals surface area (Å²) in [7, 11) is 0. The number of rotatable bonds is 6. The van der Waals surface area contributed by atoms with Crippen molar-refractivity contribution in [1.82, 2.24) is 10.3 Å². The lowest BCUT2D eigenvalue weighted by molar-refractivity contribution is 0.0942. The van der Waals surface area contributed by atoms with Gasteiger partial charge in [-0.15, -0.1) is 0 Å². The van der Waals surface area contributed by atoms with Crippen molar-refractivity contribution in [1.29, 1.82) is 0 Å². The molecule has 0 fully saturated rings. The van der Waals surface area contributed by atoms with Gasteiger partial charge < -0.3 is 10.3 Å². The Bertz CT molecular complexity index is 606. The van der Waals surface area contributed by atoms with Crippen molar-refractivity contribution in [2.45, 2.75) is 13.0 Å². The van der Waals surface area contributed by atoms with Gasteiger partial charge in [0, 0.05) is 40.9 Å². The van der Waals surface area contributed by atoms with Crippen LogP contribution in [0.1, 0.15) is 33.2 Å². The first kappa shape index (κ1) is 15.4. The first-order valence-corrected chi connectivity index (χ1v) is 8.08. The van der Waals surface area contributed by atoms with Gasteiger partial charge in [-0.25, -0.2) is 0 Å². The van der Waals surface area contributed by atoms with Crippen LogP contribution in [-0.4, -0.2) is 34.7 Å². The fraction of sp³-hybridized carbons (Fsp3) is 0.250. The monoisotopic (exact) mass is 302 g/mol. The van der Waals surface area contributed by atoms with Gasteiger partial charge in [0.2, 0.25) is 0 Å². The molecule has 5 heteroatoms. The van der Waals surface area contributed by atoms with E-state index in [1.807, 2.05) is 13.2 Å². The average molecular weight is 302 g/mol. The Morgan fingerprint density at radius 1 is 1.14 bits per heavy atom. The SMILES string of the molecule is CSCC(C)NC(=O)c1ccc(C(=O)c2cc[nH]c2)cc1. The number of hydrogen-bond acceptors (Lipinski definition) is 3. The fourth-order valence-electron chi connectivity index (χ4n) is 2.00. The molecular formula is C16H18N2O2S. The number of nitrogens with one attached hydrogen (secondary N) is 2. The van der Waals surface area contributed by atoms with Gasteiger partial charge in [0.05, 0.1) is 0 Å². The summed E-state index contributed by atoms with van der Waals surface area (Å²) in [6.07, 6.45) is 5.37. The quantitative estimate of drug-likeness (QED) is 0.807. The summed E-state index contributed by atoms with van der Waals surface area (Å²) in [6.45, 7) is 1.97. The smallest absolute Gasteiger partial charge is 0.251 e. The Kier molecular flexibility index (Phi) is 5.22. The molecule has 1 aromatic carbocycles. The highest BCUT2D eigenvalue weighted by Crippen LogP contribution is 2.11. The van der Waals surface area contributed by atoms with Gasteiger partial charge >= 0.3 is 0 Å². The number of H-pyrrole nitrogens is 1. The van der Waals surface area contributed by atoms with Crippen LogP contribution in [0.3, 0.4) is 0 Å². The number of amides is 1. The maximum Gasteiger partial charge on any atom is 0.251 e. The second-order valence-corrected chi connectivity index (χ2v) is 5.75. The summed E-state index contributed by atoms with van der Waals surface area (Å²) >= 11 is 1.69. The normalized spacial score (nSPS) is 11.9. The van der Waals surface area contributed by atoms with Gasteiger partial charge in [-0.3, -0.25) is 9.59 Å². The molecule has 1 atom stereocenters. The Labute approximate surface area is 128 Å². The van der Waals surface area contributed by atoms with Gasteiger partial charge in [-0.1, -0.05) is 12.1 Å². The minimum absolute atomic E-state index is 0.0565. The highest BCUT2D eigenvalue weighted by molar-refractivity contribution is 7.98. The third-order valence-electron chi connectivity index (χ3n) is 3.06. The van der Waals surface area contributed by atoms with Crippen LogP contribution >= 0.6 is 11.8 Å². The van der Waals surface area contributed by atoms with Crippen molar-refractivity contribution in [3.63, 3.8) is 0 Å². The van der Waals surface area contributed by atoms with Crippen LogP contribution < -0.4 is 5.32 Å². The van der Waals surface area contributed by atoms with Crippen molar-refractivity contribution >= 4 is 23.5 Å². The zero-order chi connectivity index (χ0) is 15.2. The van der Waals surface area contributed by atoms with Gasteiger partial charge in [-0.05, 0) is 31.4 Å². The van der Waals surface area contributed by atoms with E-state index < -0.39 is 0 Å². The molecule has 2 N–H and O–H groups in total. The van der Waals surface area contributed by atoms with Crippen LogP contribution in [-0.2, 0) is 0 Å². The second-order valence-electron chi connectivity index (χ2n) is 4.84. The molecule has 0 bridgehead atoms. The molecule has 4 nitrogen and oxygen atoms in total. The summed E-state index contributed by atoms with van der Waals surface area (Å²) in [4.78, 5) is 27.0. The van der Waals surface area contributed by atoms with E-state index >= 15 is 0 Å². The molecule has 0 radical (unpaired) electrons. The number of carbonyl (C=O) groups is 2. The maximum absolute atomic E-state index is 12.1. The average Bonchev–Trinajstić information content (AvgIpc) is 3.01. The van der Waals surface area contributed by atoms with Gasteiger partial charge in [-0.2, -0.15) is 11.8 Å². The zero-order valence-electron chi connectivity index (χ0n) is 12.1. The van der Waals surface area contributed by atoms with Crippen LogP contribution in [0.25, 0.3) is 0 Å². The Balaban J connectivity index is 2.05. The second kappa shape index (κ2) is 7.13. The third kappa shape index (κ3) is 3.98. The molecule has 2 aromatic rings. The molecule has 0 aliphatic heterocycles. The summed E-state index contributed by atoms with van der Waals surface area (Å²) in [5, 5.41) is 2.92. The predicted molar refractivity (Wildman–Crippen MR) is 86.0 cm³/mol. The van der Waals surface area contributed by atoms with Crippen LogP contribution in [0.4, 0.5) is 0 Å². The minimum Gasteiger partial charge on any atom is -0.367 e. The lowest BCUT2D eigenvalue weighted by Gasteiger charge is -2.12. The van der Waals surface area contributed by atoms with E-state index in [9.17, 15) is 9.59 Å². The minimum atomic E-state index is -0.114. The number of benzene rings is 1. The number of aromatic nitrogens is 1. The van der Waals surface area contributed by atoms with Crippen LogP contribution in [0, 0.1) is 0 Å². The van der Waals surface area contributed by atoms with Gasteiger partial charge in [0.25, 0.3) is 5.91 Å². The van der Waals surface area contributed by atoms with Crippen LogP contribution in [0.5, 0.6) is 0 Å². The summed E-state index contributed by atoms with van der Waals surface area (Å²) in [5.74, 6) is 0.701. The number of hydrogen-bond donors (Lipinski definition) is 2. The van der Waals surface area contributed by atoms with Crippen molar-refractivity contribution < 1.29 is 9.59 Å². The molecule has 0 aliphatic carbocycles. The number of carbonyl (C=O) groups excluding carboxylic acids is 2. The molecule has 1 aromatic heterocycles. The lowest BCUT2D eigenvalue weighted by Crippen LogP contribution is -2.34. The Hall–Kier alpha value is -2.01. The summed E-state index contributed by atoms with van der Waals surface area (Å²) in [5.41, 5.74) is 1.75. The molecule has 1 amide bonds. The standard InChI is InChI=1S/C16H18N2O2S/c1-11(10-21-2)18-16(20)13-5-3-12(4-6-13)15(19)14-7-8-17-9-14/h3-9,11,17H,10H2,1-2H3,(H,18,20). The largest absolute Gasteiger partial charge is 0.367 e. The topological polar surface area (TPSA) is 62.0 Å². The van der Waals surface area contributed by atoms with E-state index in [0.29, 0.717) is 16.7 Å². The van der Waals surface area contributed by atoms with E-state index in [-0.39, 0.29) is 17.7 Å². The van der Waals surface area contributed by atoms with Crippen molar-refractivity contribution in [2.24, 2.45) is 0 Å². The van der Waals surface area contributed by atoms with Crippen molar-refractivity contribution in [2.75, 3.05) is 12.0 Å². The van der Waals surface area contributed by atoms with Gasteiger partial charge in [0.15, 0.2) is 5.78 Å². The van der Waals surface area contributed by atoms with Crippen LogP contribution in [0.2, 0.25) is 0 Å². The Morgan fingerprint density at radius 3 is 2.38 bits per heavy atom. The van der Waals surface area contributed by atoms with Crippen molar-refractivity contribution in [3.05, 3.63) is 59.4 Å². The third-order valence-corrected chi connectivity index (χ3v) is 3.90. The van der Waals surface area contributed by atoms with Crippen molar-refractivity contribution in [3.8, 4) is 0 Å². The summed E-state index contributed by atoms with van der Waals surface area (Å²) < 4.78 is 0. The fourth-order valence-corrected chi connectivity index (χ4v) is 2.59. The number of thioether (sulfide) groups is 1. The lowest BCUT2D eigenvalue weighted by atomic mass is 10.0. The van der Waals surface area contributed by atoms with E-state index in [4.69, 9.17) is 0 Å². The zero-order valence-corrected chi connectivity index (χ0v) is 12.9. The number of aromatic amines is 1. The van der Waals surface area contributed by atoms with Gasteiger partial charge in [0.1, 0.15) is 0 Å². The highest BCUT2D eigenvalue weighted by Gasteiger charge is 2.12. The number of ketones is 1. The molecule has 0 saturated heterocycles. The molecule has 1 unspecified atom stereocenters. The predicted octanol–water partition coefficient (Wildman–Crippen LogP) is 2.73. The van der Waals surface area contributed by atoms with E-state index in [1.165, 1.54) is 0 Å². The first-order chi connectivity index (χ1) is 10.1.